The van der Waals surface area contributed by atoms with Gasteiger partial charge in [-0.2, -0.15) is 0 Å². The topological polar surface area (TPSA) is 59.9 Å². The number of hydrogen-bond donors (Lipinski definition) is 1. The van der Waals surface area contributed by atoms with Crippen molar-refractivity contribution in [2.24, 2.45) is 0 Å². The molecule has 2 aromatic rings. The van der Waals surface area contributed by atoms with Crippen LogP contribution in [0.4, 0.5) is 10.2 Å². The Morgan fingerprint density at radius 2 is 2.00 bits per heavy atom. The van der Waals surface area contributed by atoms with Crippen molar-refractivity contribution in [2.45, 2.75) is 32.4 Å². The molecule has 0 spiro atoms. The average Bonchev–Trinajstić information content (AvgIpc) is 2.37. The monoisotopic (exact) mass is 289 g/mol. The van der Waals surface area contributed by atoms with Gasteiger partial charge in [-0.1, -0.05) is 20.8 Å². The molecule has 0 aliphatic carbocycles. The summed E-state index contributed by atoms with van der Waals surface area (Å²) in [4.78, 5) is 12.1. The number of halogens is 1. The van der Waals surface area contributed by atoms with Gasteiger partial charge in [-0.25, -0.2) is 14.4 Å². The molecule has 1 N–H and O–H groups in total. The summed E-state index contributed by atoms with van der Waals surface area (Å²) in [7, 11) is 0. The van der Waals surface area contributed by atoms with Crippen molar-refractivity contribution in [2.75, 3.05) is 5.32 Å². The Balaban J connectivity index is 2.04. The zero-order valence-electron chi connectivity index (χ0n) is 12.3. The first-order valence-electron chi connectivity index (χ1n) is 6.54. The highest BCUT2D eigenvalue weighted by molar-refractivity contribution is 5.37. The highest BCUT2D eigenvalue weighted by Crippen LogP contribution is 2.21. The van der Waals surface area contributed by atoms with Crippen LogP contribution < -0.4 is 10.1 Å². The minimum atomic E-state index is -0.628. The van der Waals surface area contributed by atoms with Crippen LogP contribution in [-0.2, 0) is 5.41 Å². The summed E-state index contributed by atoms with van der Waals surface area (Å²) >= 11 is 0. The Bertz CT molecular complexity index is 613. The zero-order valence-corrected chi connectivity index (χ0v) is 12.3. The van der Waals surface area contributed by atoms with Crippen molar-refractivity contribution in [3.8, 4) is 5.75 Å². The fourth-order valence-electron chi connectivity index (χ4n) is 1.66. The molecule has 0 amide bonds. The van der Waals surface area contributed by atoms with Gasteiger partial charge in [-0.05, 0) is 0 Å². The predicted molar refractivity (Wildman–Crippen MR) is 78.3 cm³/mol. The van der Waals surface area contributed by atoms with Crippen LogP contribution >= 0.6 is 0 Å². The first kappa shape index (κ1) is 15.2. The first-order valence-corrected chi connectivity index (χ1v) is 6.54. The Kier molecular flexibility index (Phi) is 4.35. The first-order chi connectivity index (χ1) is 9.84. The Morgan fingerprint density at radius 3 is 2.67 bits per heavy atom. The van der Waals surface area contributed by atoms with E-state index in [4.69, 9.17) is 4.74 Å². The molecule has 21 heavy (non-hydrogen) atoms. The molecule has 111 valence electrons. The molecule has 2 heterocycles. The molecule has 0 aliphatic heterocycles. The smallest absolute Gasteiger partial charge is 0.171 e. The minimum Gasteiger partial charge on any atom is -0.469 e. The van der Waals surface area contributed by atoms with E-state index >= 15 is 0 Å². The van der Waals surface area contributed by atoms with Crippen molar-refractivity contribution in [3.63, 3.8) is 0 Å². The summed E-state index contributed by atoms with van der Waals surface area (Å²) < 4.78 is 18.5. The van der Waals surface area contributed by atoms with E-state index in [0.717, 1.165) is 11.9 Å². The third-order valence-corrected chi connectivity index (χ3v) is 2.70. The van der Waals surface area contributed by atoms with Gasteiger partial charge >= 0.3 is 0 Å². The second-order valence-corrected chi connectivity index (χ2v) is 5.63. The lowest BCUT2D eigenvalue weighted by atomic mass is 9.92. The SMILES string of the molecule is [CH2]C(Nc1cc(C(C)(C)C)ncn1)Oc1cncc(F)c1. The van der Waals surface area contributed by atoms with Gasteiger partial charge in [-0.3, -0.25) is 4.98 Å². The van der Waals surface area contributed by atoms with E-state index in [9.17, 15) is 4.39 Å². The average molecular weight is 289 g/mol. The van der Waals surface area contributed by atoms with E-state index in [1.807, 2.05) is 6.07 Å². The molecule has 1 atom stereocenters. The van der Waals surface area contributed by atoms with Gasteiger partial charge in [0.2, 0.25) is 0 Å². The van der Waals surface area contributed by atoms with Crippen molar-refractivity contribution in [3.05, 3.63) is 49.3 Å². The van der Waals surface area contributed by atoms with Crippen molar-refractivity contribution < 1.29 is 9.13 Å². The number of hydrogen-bond acceptors (Lipinski definition) is 5. The molecule has 0 aromatic carbocycles. The van der Waals surface area contributed by atoms with Crippen molar-refractivity contribution in [1.82, 2.24) is 15.0 Å². The molecule has 2 rings (SSSR count). The highest BCUT2D eigenvalue weighted by Gasteiger charge is 2.16. The summed E-state index contributed by atoms with van der Waals surface area (Å²) in [6.07, 6.45) is 3.39. The quantitative estimate of drug-likeness (QED) is 0.877. The van der Waals surface area contributed by atoms with Crippen molar-refractivity contribution >= 4 is 5.82 Å². The summed E-state index contributed by atoms with van der Waals surface area (Å²) in [5, 5.41) is 2.99. The van der Waals surface area contributed by atoms with E-state index in [2.05, 4.69) is 48.0 Å². The van der Waals surface area contributed by atoms with Crippen molar-refractivity contribution in [1.29, 1.82) is 0 Å². The molecule has 0 saturated heterocycles. The van der Waals surface area contributed by atoms with Gasteiger partial charge in [0.05, 0.1) is 18.1 Å². The lowest BCUT2D eigenvalue weighted by Crippen LogP contribution is -2.24. The molecule has 1 unspecified atom stereocenters. The van der Waals surface area contributed by atoms with Gasteiger partial charge in [0.15, 0.2) is 6.23 Å². The van der Waals surface area contributed by atoms with Gasteiger partial charge in [-0.15, -0.1) is 0 Å². The Labute approximate surface area is 123 Å². The van der Waals surface area contributed by atoms with Crippen LogP contribution in [0.3, 0.4) is 0 Å². The number of anilines is 1. The summed E-state index contributed by atoms with van der Waals surface area (Å²) in [6, 6.07) is 3.08. The van der Waals surface area contributed by atoms with Crippen LogP contribution in [0.1, 0.15) is 26.5 Å². The fourth-order valence-corrected chi connectivity index (χ4v) is 1.66. The molecular formula is C15H18FN4O. The minimum absolute atomic E-state index is 0.0800. The molecule has 0 bridgehead atoms. The number of ether oxygens (including phenoxy) is 1. The molecule has 0 aliphatic rings. The molecule has 0 fully saturated rings. The van der Waals surface area contributed by atoms with E-state index in [1.165, 1.54) is 18.6 Å². The van der Waals surface area contributed by atoms with E-state index in [0.29, 0.717) is 11.6 Å². The van der Waals surface area contributed by atoms with E-state index in [-0.39, 0.29) is 5.41 Å². The van der Waals surface area contributed by atoms with Crippen LogP contribution in [0.15, 0.2) is 30.9 Å². The van der Waals surface area contributed by atoms with E-state index in [1.54, 1.807) is 0 Å². The van der Waals surface area contributed by atoms with E-state index < -0.39 is 12.0 Å². The Hall–Kier alpha value is -2.24. The fraction of sp³-hybridized carbons (Fsp3) is 0.333. The summed E-state index contributed by atoms with van der Waals surface area (Å²) in [5.41, 5.74) is 0.822. The summed E-state index contributed by atoms with van der Waals surface area (Å²) in [5.74, 6) is 0.434. The number of nitrogens with one attached hydrogen (secondary N) is 1. The summed E-state index contributed by atoms with van der Waals surface area (Å²) in [6.45, 7) is 10.0. The van der Waals surface area contributed by atoms with Crippen LogP contribution in [0.25, 0.3) is 0 Å². The lowest BCUT2D eigenvalue weighted by Gasteiger charge is -2.20. The normalized spacial score (nSPS) is 12.8. The molecule has 2 aromatic heterocycles. The third-order valence-electron chi connectivity index (χ3n) is 2.70. The standard InChI is InChI=1S/C15H18FN4O/c1-10(21-12-5-11(16)7-17-8-12)20-14-6-13(15(2,3)4)18-9-19-14/h5-10H,1H2,2-4H3,(H,18,19,20). The number of nitrogens with zero attached hydrogens (tertiary/aromatic N) is 3. The maximum atomic E-state index is 13.0. The molecular weight excluding hydrogens is 271 g/mol. The van der Waals surface area contributed by atoms with Crippen LogP contribution in [-0.4, -0.2) is 21.2 Å². The number of pyridine rings is 1. The maximum Gasteiger partial charge on any atom is 0.171 e. The largest absolute Gasteiger partial charge is 0.469 e. The third kappa shape index (κ3) is 4.37. The molecule has 5 nitrogen and oxygen atoms in total. The van der Waals surface area contributed by atoms with Gasteiger partial charge < -0.3 is 10.1 Å². The maximum absolute atomic E-state index is 13.0. The van der Waals surface area contributed by atoms with Gasteiger partial charge in [0.25, 0.3) is 0 Å². The predicted octanol–water partition coefficient (Wildman–Crippen LogP) is 2.96. The van der Waals surface area contributed by atoms with Crippen LogP contribution in [0.2, 0.25) is 0 Å². The molecule has 1 radical (unpaired) electrons. The van der Waals surface area contributed by atoms with Gasteiger partial charge in [0, 0.05) is 24.5 Å². The van der Waals surface area contributed by atoms with Crippen LogP contribution in [0.5, 0.6) is 5.75 Å². The number of rotatable bonds is 4. The second kappa shape index (κ2) is 6.03. The second-order valence-electron chi connectivity index (χ2n) is 5.63. The lowest BCUT2D eigenvalue weighted by molar-refractivity contribution is 0.272. The zero-order chi connectivity index (χ0) is 15.5. The molecule has 6 heteroatoms. The number of aromatic nitrogens is 3. The Morgan fingerprint density at radius 1 is 1.24 bits per heavy atom. The molecule has 0 saturated carbocycles. The van der Waals surface area contributed by atoms with Gasteiger partial charge in [0.1, 0.15) is 23.7 Å². The highest BCUT2D eigenvalue weighted by atomic mass is 19.1. The van der Waals surface area contributed by atoms with Crippen LogP contribution in [0, 0.1) is 12.7 Å².